The van der Waals surface area contributed by atoms with Crippen molar-refractivity contribution in [3.05, 3.63) is 64.8 Å². The van der Waals surface area contributed by atoms with Crippen molar-refractivity contribution in [3.63, 3.8) is 0 Å². The zero-order valence-electron chi connectivity index (χ0n) is 15.7. The lowest BCUT2D eigenvalue weighted by Crippen LogP contribution is -2.05. The monoisotopic (exact) mass is 437 g/mol. The van der Waals surface area contributed by atoms with E-state index in [4.69, 9.17) is 21.1 Å². The topological polar surface area (TPSA) is 73.3 Å². The van der Waals surface area contributed by atoms with E-state index < -0.39 is 17.7 Å². The van der Waals surface area contributed by atoms with Gasteiger partial charge in [-0.3, -0.25) is 0 Å². The Kier molecular flexibility index (Phi) is 6.12. The number of hydrogen-bond donors (Lipinski definition) is 1. The van der Waals surface area contributed by atoms with Gasteiger partial charge in [0.05, 0.1) is 31.0 Å². The molecule has 0 amide bonds. The van der Waals surface area contributed by atoms with Gasteiger partial charge in [-0.1, -0.05) is 23.7 Å². The van der Waals surface area contributed by atoms with Gasteiger partial charge in [0, 0.05) is 11.6 Å². The van der Waals surface area contributed by atoms with Crippen molar-refractivity contribution in [2.45, 2.75) is 6.18 Å². The highest BCUT2D eigenvalue weighted by Gasteiger charge is 2.30. The van der Waals surface area contributed by atoms with Crippen LogP contribution < -0.4 is 10.1 Å². The Morgan fingerprint density at radius 3 is 2.33 bits per heavy atom. The van der Waals surface area contributed by atoms with Crippen molar-refractivity contribution in [3.8, 4) is 17.1 Å². The lowest BCUT2D eigenvalue weighted by Gasteiger charge is -2.13. The number of alkyl halides is 3. The lowest BCUT2D eigenvalue weighted by atomic mass is 10.1. The molecule has 2 aromatic carbocycles. The Bertz CT molecular complexity index is 1070. The fraction of sp³-hybridized carbons (Fsp3) is 0.150. The number of halogens is 4. The summed E-state index contributed by atoms with van der Waals surface area (Å²) in [5, 5.41) is 3.06. The molecule has 0 bridgehead atoms. The van der Waals surface area contributed by atoms with E-state index >= 15 is 0 Å². The van der Waals surface area contributed by atoms with Crippen LogP contribution in [0.3, 0.4) is 0 Å². The van der Waals surface area contributed by atoms with Crippen molar-refractivity contribution in [2.75, 3.05) is 19.5 Å². The molecule has 1 heterocycles. The number of aromatic nitrogens is 2. The smallest absolute Gasteiger partial charge is 0.416 e. The Hall–Kier alpha value is -3.33. The molecule has 10 heteroatoms. The summed E-state index contributed by atoms with van der Waals surface area (Å²) in [6, 6.07) is 10.5. The molecule has 0 spiro atoms. The highest BCUT2D eigenvalue weighted by atomic mass is 35.5. The fourth-order valence-electron chi connectivity index (χ4n) is 2.61. The Morgan fingerprint density at radius 2 is 1.73 bits per heavy atom. The highest BCUT2D eigenvalue weighted by Crippen LogP contribution is 2.32. The summed E-state index contributed by atoms with van der Waals surface area (Å²) in [6.07, 6.45) is -4.44. The van der Waals surface area contributed by atoms with E-state index in [0.29, 0.717) is 17.0 Å². The van der Waals surface area contributed by atoms with Crippen LogP contribution in [0.2, 0.25) is 5.15 Å². The number of anilines is 2. The Morgan fingerprint density at radius 1 is 1.03 bits per heavy atom. The van der Waals surface area contributed by atoms with Crippen LogP contribution in [-0.2, 0) is 10.9 Å². The Labute approximate surface area is 174 Å². The largest absolute Gasteiger partial charge is 0.495 e. The van der Waals surface area contributed by atoms with Crippen molar-refractivity contribution in [2.24, 2.45) is 0 Å². The van der Waals surface area contributed by atoms with E-state index in [1.807, 2.05) is 0 Å². The second-order valence-corrected chi connectivity index (χ2v) is 6.39. The molecule has 0 atom stereocenters. The van der Waals surface area contributed by atoms with Gasteiger partial charge in [-0.2, -0.15) is 13.2 Å². The fourth-order valence-corrected chi connectivity index (χ4v) is 2.79. The number of hydrogen-bond acceptors (Lipinski definition) is 6. The number of benzene rings is 2. The lowest BCUT2D eigenvalue weighted by molar-refractivity contribution is -0.137. The van der Waals surface area contributed by atoms with Crippen LogP contribution in [0, 0.1) is 0 Å². The maximum Gasteiger partial charge on any atom is 0.416 e. The second-order valence-electron chi connectivity index (χ2n) is 6.01. The molecule has 3 rings (SSSR count). The SMILES string of the molecule is COC(=O)c1ccc(OC)c(Nc2cc(Cl)nc(-c3ccc(C(F)(F)F)cc3)n2)c1. The summed E-state index contributed by atoms with van der Waals surface area (Å²) in [6.45, 7) is 0. The molecule has 0 aliphatic heterocycles. The summed E-state index contributed by atoms with van der Waals surface area (Å²) in [4.78, 5) is 20.2. The molecule has 0 radical (unpaired) electrons. The molecule has 1 aromatic heterocycles. The number of esters is 1. The highest BCUT2D eigenvalue weighted by molar-refractivity contribution is 6.29. The van der Waals surface area contributed by atoms with Gasteiger partial charge < -0.3 is 14.8 Å². The summed E-state index contributed by atoms with van der Waals surface area (Å²) in [5.74, 6) is 0.271. The number of nitrogens with one attached hydrogen (secondary N) is 1. The molecular weight excluding hydrogens is 423 g/mol. The molecule has 3 aromatic rings. The van der Waals surface area contributed by atoms with Crippen molar-refractivity contribution < 1.29 is 27.4 Å². The van der Waals surface area contributed by atoms with Crippen LogP contribution in [0.25, 0.3) is 11.4 Å². The Balaban J connectivity index is 1.95. The average molecular weight is 438 g/mol. The minimum atomic E-state index is -4.44. The number of nitrogens with zero attached hydrogens (tertiary/aromatic N) is 2. The van der Waals surface area contributed by atoms with Gasteiger partial charge in [0.25, 0.3) is 0 Å². The third kappa shape index (κ3) is 4.80. The first kappa shape index (κ1) is 21.4. The van der Waals surface area contributed by atoms with Crippen molar-refractivity contribution in [1.82, 2.24) is 9.97 Å². The van der Waals surface area contributed by atoms with Gasteiger partial charge in [-0.15, -0.1) is 0 Å². The summed E-state index contributed by atoms with van der Waals surface area (Å²) >= 11 is 6.07. The maximum absolute atomic E-state index is 12.8. The first-order valence-electron chi connectivity index (χ1n) is 8.47. The third-order valence-electron chi connectivity index (χ3n) is 4.05. The number of ether oxygens (including phenoxy) is 2. The molecule has 0 saturated heterocycles. The van der Waals surface area contributed by atoms with Gasteiger partial charge in [0.15, 0.2) is 5.82 Å². The number of carbonyl (C=O) groups excluding carboxylic acids is 1. The number of rotatable bonds is 5. The minimum absolute atomic E-state index is 0.0745. The molecule has 1 N–H and O–H groups in total. The van der Waals surface area contributed by atoms with E-state index in [1.165, 1.54) is 44.6 Å². The van der Waals surface area contributed by atoms with E-state index in [9.17, 15) is 18.0 Å². The van der Waals surface area contributed by atoms with Gasteiger partial charge in [0.1, 0.15) is 16.7 Å². The van der Waals surface area contributed by atoms with E-state index in [1.54, 1.807) is 6.07 Å². The number of methoxy groups -OCH3 is 2. The van der Waals surface area contributed by atoms with Crippen LogP contribution in [0.15, 0.2) is 48.5 Å². The van der Waals surface area contributed by atoms with Gasteiger partial charge in [-0.05, 0) is 30.3 Å². The van der Waals surface area contributed by atoms with Gasteiger partial charge in [0.2, 0.25) is 0 Å². The first-order chi connectivity index (χ1) is 14.2. The standard InChI is InChI=1S/C20H15ClF3N3O3/c1-29-15-8-5-12(19(28)30-2)9-14(15)25-17-10-16(21)26-18(27-17)11-3-6-13(7-4-11)20(22,23)24/h3-10H,1-2H3,(H,25,26,27). The molecule has 0 fully saturated rings. The zero-order chi connectivity index (χ0) is 21.9. The van der Waals surface area contributed by atoms with Crippen LogP contribution >= 0.6 is 11.6 Å². The maximum atomic E-state index is 12.8. The molecule has 0 saturated carbocycles. The quantitative estimate of drug-likeness (QED) is 0.428. The van der Waals surface area contributed by atoms with E-state index in [0.717, 1.165) is 12.1 Å². The molecule has 0 aliphatic rings. The normalized spacial score (nSPS) is 11.1. The average Bonchev–Trinajstić information content (AvgIpc) is 2.72. The molecule has 30 heavy (non-hydrogen) atoms. The van der Waals surface area contributed by atoms with Crippen LogP contribution in [0.4, 0.5) is 24.7 Å². The number of carbonyl (C=O) groups is 1. The van der Waals surface area contributed by atoms with E-state index in [2.05, 4.69) is 15.3 Å². The van der Waals surface area contributed by atoms with Crippen molar-refractivity contribution in [1.29, 1.82) is 0 Å². The predicted octanol–water partition coefficient (Wildman–Crippen LogP) is 5.35. The first-order valence-corrected chi connectivity index (χ1v) is 8.84. The zero-order valence-corrected chi connectivity index (χ0v) is 16.5. The van der Waals surface area contributed by atoms with Gasteiger partial charge in [-0.25, -0.2) is 14.8 Å². The molecule has 156 valence electrons. The van der Waals surface area contributed by atoms with Gasteiger partial charge >= 0.3 is 12.1 Å². The molecule has 0 aliphatic carbocycles. The molecule has 6 nitrogen and oxygen atoms in total. The summed E-state index contributed by atoms with van der Waals surface area (Å²) < 4.78 is 48.3. The summed E-state index contributed by atoms with van der Waals surface area (Å²) in [5.41, 5.74) is 0.261. The van der Waals surface area contributed by atoms with Crippen molar-refractivity contribution >= 4 is 29.1 Å². The second kappa shape index (κ2) is 8.58. The third-order valence-corrected chi connectivity index (χ3v) is 4.24. The van der Waals surface area contributed by atoms with Crippen LogP contribution in [0.5, 0.6) is 5.75 Å². The van der Waals surface area contributed by atoms with Crippen LogP contribution in [0.1, 0.15) is 15.9 Å². The van der Waals surface area contributed by atoms with E-state index in [-0.39, 0.29) is 22.4 Å². The predicted molar refractivity (Wildman–Crippen MR) is 105 cm³/mol. The molecular formula is C20H15ClF3N3O3. The summed E-state index contributed by atoms with van der Waals surface area (Å²) in [7, 11) is 2.72. The molecule has 0 unspecified atom stereocenters. The minimum Gasteiger partial charge on any atom is -0.495 e. The van der Waals surface area contributed by atoms with Crippen LogP contribution in [-0.4, -0.2) is 30.2 Å².